The van der Waals surface area contributed by atoms with Crippen molar-refractivity contribution in [1.29, 1.82) is 5.26 Å². The minimum Gasteiger partial charge on any atom is -0.351 e. The highest BCUT2D eigenvalue weighted by molar-refractivity contribution is 7.98. The first-order chi connectivity index (χ1) is 21.5. The average Bonchev–Trinajstić information content (AvgIpc) is 3.41. The number of benzene rings is 2. The van der Waals surface area contributed by atoms with Crippen LogP contribution in [0.2, 0.25) is 5.02 Å². The van der Waals surface area contributed by atoms with Crippen LogP contribution in [0.1, 0.15) is 55.8 Å². The van der Waals surface area contributed by atoms with Crippen molar-refractivity contribution in [2.24, 2.45) is 0 Å². The van der Waals surface area contributed by atoms with Gasteiger partial charge in [0, 0.05) is 52.7 Å². The number of hydrogen-bond donors (Lipinski definition) is 1. The summed E-state index contributed by atoms with van der Waals surface area (Å²) >= 11 is 7.82. The number of rotatable bonds is 8. The van der Waals surface area contributed by atoms with Gasteiger partial charge in [-0.3, -0.25) is 24.2 Å². The first kappa shape index (κ1) is 32.2. The Bertz CT molecular complexity index is 1660. The van der Waals surface area contributed by atoms with Crippen molar-refractivity contribution < 1.29 is 27.6 Å². The fourth-order valence-corrected chi connectivity index (χ4v) is 6.33. The zero-order chi connectivity index (χ0) is 32.3. The maximum Gasteiger partial charge on any atom is 0.251 e. The van der Waals surface area contributed by atoms with Crippen LogP contribution in [0.3, 0.4) is 0 Å². The van der Waals surface area contributed by atoms with Crippen LogP contribution in [-0.2, 0) is 14.4 Å². The number of carbonyl (C=O) groups is 3. The third-order valence-corrected chi connectivity index (χ3v) is 8.90. The van der Waals surface area contributed by atoms with Gasteiger partial charge in [-0.2, -0.15) is 5.26 Å². The molecule has 45 heavy (non-hydrogen) atoms. The van der Waals surface area contributed by atoms with Gasteiger partial charge in [0.05, 0.1) is 0 Å². The van der Waals surface area contributed by atoms with Gasteiger partial charge in [-0.1, -0.05) is 29.8 Å². The molecule has 2 atom stereocenters. The van der Waals surface area contributed by atoms with Crippen molar-refractivity contribution in [2.75, 3.05) is 16.1 Å². The molecule has 2 unspecified atom stereocenters. The van der Waals surface area contributed by atoms with Gasteiger partial charge >= 0.3 is 0 Å². The van der Waals surface area contributed by atoms with E-state index in [1.54, 1.807) is 24.5 Å². The molecule has 1 N–H and O–H groups in total. The van der Waals surface area contributed by atoms with E-state index in [-0.39, 0.29) is 53.6 Å². The van der Waals surface area contributed by atoms with Crippen LogP contribution >= 0.6 is 23.4 Å². The zero-order valence-corrected chi connectivity index (χ0v) is 25.6. The summed E-state index contributed by atoms with van der Waals surface area (Å²) in [5, 5.41) is 12.3. The Hall–Kier alpha value is -4.15. The second-order valence-corrected chi connectivity index (χ2v) is 12.1. The number of nitrogens with one attached hydrogen (secondary N) is 1. The fraction of sp³-hybridized carbons (Fsp3) is 0.355. The molecule has 1 aliphatic heterocycles. The largest absolute Gasteiger partial charge is 0.351 e. The molecular formula is C31H28ClF3N6O3S. The number of amides is 3. The third kappa shape index (κ3) is 7.07. The molecule has 0 radical (unpaired) electrons. The van der Waals surface area contributed by atoms with Gasteiger partial charge in [0.1, 0.15) is 29.7 Å². The van der Waals surface area contributed by atoms with Crippen molar-refractivity contribution in [3.05, 3.63) is 76.8 Å². The van der Waals surface area contributed by atoms with E-state index >= 15 is 4.39 Å². The SMILES string of the molecule is CSc1cc(F)cc(N(C(=O)C2CCC(=O)N2c2nccc(C#N)n2)C(C(=O)NC2CCC(F)(F)CC2)c2ccccc2Cl)c1. The van der Waals surface area contributed by atoms with Crippen LogP contribution in [0, 0.1) is 17.1 Å². The first-order valence-electron chi connectivity index (χ1n) is 14.2. The van der Waals surface area contributed by atoms with Gasteiger partial charge in [-0.05, 0) is 55.9 Å². The summed E-state index contributed by atoms with van der Waals surface area (Å²) in [5.41, 5.74) is 0.203. The van der Waals surface area contributed by atoms with E-state index in [9.17, 15) is 28.4 Å². The molecule has 1 aromatic heterocycles. The number of nitrogens with zero attached hydrogens (tertiary/aromatic N) is 5. The summed E-state index contributed by atoms with van der Waals surface area (Å²) in [6, 6.07) is 10.2. The maximum atomic E-state index is 15.0. The van der Waals surface area contributed by atoms with Crippen molar-refractivity contribution >= 4 is 52.7 Å². The van der Waals surface area contributed by atoms with Crippen LogP contribution in [0.4, 0.5) is 24.8 Å². The van der Waals surface area contributed by atoms with Gasteiger partial charge in [0.15, 0.2) is 0 Å². The summed E-state index contributed by atoms with van der Waals surface area (Å²) in [4.78, 5) is 52.9. The Labute approximate surface area is 266 Å². The van der Waals surface area contributed by atoms with E-state index in [1.165, 1.54) is 42.2 Å². The number of carbonyl (C=O) groups excluding carboxylic acids is 3. The van der Waals surface area contributed by atoms with E-state index < -0.39 is 60.4 Å². The fourth-order valence-electron chi connectivity index (χ4n) is 5.62. The minimum atomic E-state index is -2.83. The number of halogens is 4. The van der Waals surface area contributed by atoms with Crippen LogP contribution in [0.5, 0.6) is 0 Å². The molecule has 1 aliphatic carbocycles. The lowest BCUT2D eigenvalue weighted by Crippen LogP contribution is -2.53. The lowest BCUT2D eigenvalue weighted by atomic mass is 9.91. The predicted molar refractivity (Wildman–Crippen MR) is 162 cm³/mol. The Balaban J connectivity index is 1.63. The van der Waals surface area contributed by atoms with Crippen LogP contribution < -0.4 is 15.1 Å². The van der Waals surface area contributed by atoms with Gasteiger partial charge in [0.25, 0.3) is 5.91 Å². The van der Waals surface area contributed by atoms with E-state index in [4.69, 9.17) is 11.6 Å². The Morgan fingerprint density at radius 2 is 1.91 bits per heavy atom. The van der Waals surface area contributed by atoms with Crippen LogP contribution in [0.15, 0.2) is 59.6 Å². The minimum absolute atomic E-state index is 0.0191. The summed E-state index contributed by atoms with van der Waals surface area (Å²) in [7, 11) is 0. The molecule has 0 spiro atoms. The number of thioether (sulfide) groups is 1. The Morgan fingerprint density at radius 3 is 2.60 bits per heavy atom. The van der Waals surface area contributed by atoms with E-state index in [2.05, 4.69) is 15.3 Å². The molecule has 5 rings (SSSR count). The van der Waals surface area contributed by atoms with Crippen molar-refractivity contribution in [3.8, 4) is 6.07 Å². The van der Waals surface area contributed by atoms with Crippen molar-refractivity contribution in [3.63, 3.8) is 0 Å². The molecular weight excluding hydrogens is 629 g/mol. The maximum absolute atomic E-state index is 15.0. The first-order valence-corrected chi connectivity index (χ1v) is 15.8. The predicted octanol–water partition coefficient (Wildman–Crippen LogP) is 5.83. The van der Waals surface area contributed by atoms with Gasteiger partial charge < -0.3 is 5.32 Å². The number of anilines is 2. The Morgan fingerprint density at radius 1 is 1.18 bits per heavy atom. The second-order valence-electron chi connectivity index (χ2n) is 10.8. The summed E-state index contributed by atoms with van der Waals surface area (Å²) in [6.45, 7) is 0. The highest BCUT2D eigenvalue weighted by Gasteiger charge is 2.45. The molecule has 1 saturated carbocycles. The molecule has 3 amide bonds. The standard InChI is InChI=1S/C31H28ClF3N6O3S/c1-45-22-15-18(33)14-21(16-22)40(29(44)25-6-7-26(42)41(25)30-37-13-10-20(17-36)39-30)27(23-4-2-3-5-24(23)32)28(43)38-19-8-11-31(34,35)12-9-19/h2-5,10,13-16,19,25,27H,6-9,11-12H2,1H3,(H,38,43). The molecule has 3 aromatic rings. The van der Waals surface area contributed by atoms with Crippen LogP contribution in [-0.4, -0.2) is 52.0 Å². The summed E-state index contributed by atoms with van der Waals surface area (Å²) in [5.74, 6) is -5.60. The number of aromatic nitrogens is 2. The molecule has 9 nitrogen and oxygen atoms in total. The quantitative estimate of drug-likeness (QED) is 0.303. The molecule has 234 valence electrons. The Kier molecular flexibility index (Phi) is 9.65. The van der Waals surface area contributed by atoms with Crippen LogP contribution in [0.25, 0.3) is 0 Å². The summed E-state index contributed by atoms with van der Waals surface area (Å²) in [6.07, 6.45) is 2.22. The van der Waals surface area contributed by atoms with Gasteiger partial charge in [0.2, 0.25) is 23.7 Å². The second kappa shape index (κ2) is 13.5. The molecule has 14 heteroatoms. The smallest absolute Gasteiger partial charge is 0.251 e. The van der Waals surface area contributed by atoms with E-state index in [1.807, 2.05) is 6.07 Å². The topological polar surface area (TPSA) is 119 Å². The third-order valence-electron chi connectivity index (χ3n) is 7.85. The van der Waals surface area contributed by atoms with Gasteiger partial charge in [-0.15, -0.1) is 11.8 Å². The highest BCUT2D eigenvalue weighted by atomic mass is 35.5. The van der Waals surface area contributed by atoms with E-state index in [0.29, 0.717) is 4.90 Å². The van der Waals surface area contributed by atoms with Crippen molar-refractivity contribution in [1.82, 2.24) is 15.3 Å². The molecule has 2 aliphatic rings. The number of nitriles is 1. The average molecular weight is 657 g/mol. The zero-order valence-electron chi connectivity index (χ0n) is 24.1. The van der Waals surface area contributed by atoms with Crippen molar-refractivity contribution in [2.45, 2.75) is 67.5 Å². The normalized spacial score (nSPS) is 18.7. The van der Waals surface area contributed by atoms with Gasteiger partial charge in [-0.25, -0.2) is 23.1 Å². The molecule has 2 fully saturated rings. The lowest BCUT2D eigenvalue weighted by molar-refractivity contribution is -0.128. The molecule has 0 bridgehead atoms. The highest BCUT2D eigenvalue weighted by Crippen LogP contribution is 2.38. The summed E-state index contributed by atoms with van der Waals surface area (Å²) < 4.78 is 42.8. The lowest BCUT2D eigenvalue weighted by Gasteiger charge is -2.37. The van der Waals surface area contributed by atoms with E-state index in [0.717, 1.165) is 15.9 Å². The molecule has 2 aromatic carbocycles. The number of alkyl halides is 2. The molecule has 2 heterocycles. The number of hydrogen-bond acceptors (Lipinski definition) is 7. The molecule has 1 saturated heterocycles. The monoisotopic (exact) mass is 656 g/mol.